The van der Waals surface area contributed by atoms with E-state index >= 15 is 0 Å². The van der Waals surface area contributed by atoms with Gasteiger partial charge in [-0.1, -0.05) is 6.42 Å². The summed E-state index contributed by atoms with van der Waals surface area (Å²) in [7, 11) is 0. The zero-order valence-corrected chi connectivity index (χ0v) is 18.7. The Balaban J connectivity index is 1.14. The van der Waals surface area contributed by atoms with E-state index in [0.717, 1.165) is 55.6 Å². The van der Waals surface area contributed by atoms with Crippen LogP contribution in [0.5, 0.6) is 0 Å². The van der Waals surface area contributed by atoms with Crippen LogP contribution in [0.25, 0.3) is 5.69 Å². The monoisotopic (exact) mass is 435 g/mol. The molecule has 1 N–H and O–H groups in total. The first-order chi connectivity index (χ1) is 15.7. The van der Waals surface area contributed by atoms with Gasteiger partial charge in [0.15, 0.2) is 0 Å². The molecule has 3 fully saturated rings. The van der Waals surface area contributed by atoms with Gasteiger partial charge in [0.2, 0.25) is 5.91 Å². The van der Waals surface area contributed by atoms with Crippen LogP contribution >= 0.6 is 0 Å². The Morgan fingerprint density at radius 3 is 2.34 bits per heavy atom. The molecule has 7 nitrogen and oxygen atoms in total. The van der Waals surface area contributed by atoms with Gasteiger partial charge < -0.3 is 15.1 Å². The Morgan fingerprint density at radius 2 is 1.66 bits per heavy atom. The van der Waals surface area contributed by atoms with E-state index in [0.29, 0.717) is 12.6 Å². The fraction of sp³-hybridized carbons (Fsp3) is 0.560. The lowest BCUT2D eigenvalue weighted by atomic mass is 9.99. The SMILES string of the molecule is O=C(NCc1cnn(-c2ccc(C(=O)N3CCC(N4CCCCC4)CC3)cc2)c1)C1CC1. The molecule has 0 spiro atoms. The number of amides is 2. The summed E-state index contributed by atoms with van der Waals surface area (Å²) in [5, 5.41) is 7.37. The molecule has 2 amide bonds. The van der Waals surface area contributed by atoms with Gasteiger partial charge in [-0.05, 0) is 75.9 Å². The molecule has 170 valence electrons. The minimum atomic E-state index is 0.123. The van der Waals surface area contributed by atoms with Gasteiger partial charge in [0.05, 0.1) is 11.9 Å². The van der Waals surface area contributed by atoms with Crippen molar-refractivity contribution in [2.75, 3.05) is 26.2 Å². The Labute approximate surface area is 189 Å². The Bertz CT molecular complexity index is 935. The van der Waals surface area contributed by atoms with Crippen molar-refractivity contribution in [3.05, 3.63) is 47.8 Å². The van der Waals surface area contributed by atoms with Crippen LogP contribution in [-0.4, -0.2) is 63.6 Å². The summed E-state index contributed by atoms with van der Waals surface area (Å²) >= 11 is 0. The first kappa shape index (κ1) is 21.2. The molecule has 32 heavy (non-hydrogen) atoms. The standard InChI is InChI=1S/C25H33N5O2/c31-24(20-4-5-20)26-16-19-17-27-30(18-19)23-8-6-21(7-9-23)25(32)29-14-10-22(11-15-29)28-12-2-1-3-13-28/h6-9,17-18,20,22H,1-5,10-16H2,(H,26,31). The minimum Gasteiger partial charge on any atom is -0.352 e. The van der Waals surface area contributed by atoms with Crippen molar-refractivity contribution in [1.29, 1.82) is 0 Å². The van der Waals surface area contributed by atoms with Gasteiger partial charge in [0.1, 0.15) is 0 Å². The molecule has 0 radical (unpaired) electrons. The van der Waals surface area contributed by atoms with E-state index in [4.69, 9.17) is 0 Å². The number of rotatable bonds is 6. The van der Waals surface area contributed by atoms with Gasteiger partial charge in [0.25, 0.3) is 5.91 Å². The quantitative estimate of drug-likeness (QED) is 0.757. The third-order valence-corrected chi connectivity index (χ3v) is 7.09. The minimum absolute atomic E-state index is 0.123. The molecule has 0 atom stereocenters. The van der Waals surface area contributed by atoms with Gasteiger partial charge in [-0.25, -0.2) is 4.68 Å². The summed E-state index contributed by atoms with van der Waals surface area (Å²) in [6.45, 7) is 4.64. The molecule has 7 heteroatoms. The Hall–Kier alpha value is -2.67. The van der Waals surface area contributed by atoms with Gasteiger partial charge in [-0.3, -0.25) is 9.59 Å². The van der Waals surface area contributed by atoms with E-state index < -0.39 is 0 Å². The molecule has 3 aliphatic rings. The molecule has 3 heterocycles. The lowest BCUT2D eigenvalue weighted by Crippen LogP contribution is -2.48. The highest BCUT2D eigenvalue weighted by molar-refractivity contribution is 5.94. The zero-order chi connectivity index (χ0) is 21.9. The van der Waals surface area contributed by atoms with Gasteiger partial charge >= 0.3 is 0 Å². The van der Waals surface area contributed by atoms with Crippen molar-refractivity contribution >= 4 is 11.8 Å². The number of aromatic nitrogens is 2. The average Bonchev–Trinajstić information content (AvgIpc) is 3.61. The zero-order valence-electron chi connectivity index (χ0n) is 18.7. The average molecular weight is 436 g/mol. The van der Waals surface area contributed by atoms with Crippen molar-refractivity contribution < 1.29 is 9.59 Å². The predicted molar refractivity (Wildman–Crippen MR) is 122 cm³/mol. The van der Waals surface area contributed by atoms with Crippen LogP contribution in [0.1, 0.15) is 60.9 Å². The second kappa shape index (κ2) is 9.45. The van der Waals surface area contributed by atoms with Crippen molar-refractivity contribution in [1.82, 2.24) is 24.9 Å². The molecule has 1 saturated carbocycles. The fourth-order valence-corrected chi connectivity index (χ4v) is 4.93. The lowest BCUT2D eigenvalue weighted by Gasteiger charge is -2.40. The molecule has 1 aliphatic carbocycles. The van der Waals surface area contributed by atoms with Crippen LogP contribution in [0, 0.1) is 5.92 Å². The van der Waals surface area contributed by atoms with E-state index in [1.54, 1.807) is 10.9 Å². The summed E-state index contributed by atoms with van der Waals surface area (Å²) in [5.41, 5.74) is 2.61. The van der Waals surface area contributed by atoms with Crippen LogP contribution in [0.15, 0.2) is 36.7 Å². The van der Waals surface area contributed by atoms with Crippen molar-refractivity contribution in [3.8, 4) is 5.69 Å². The maximum atomic E-state index is 13.0. The van der Waals surface area contributed by atoms with Crippen LogP contribution in [0.4, 0.5) is 0 Å². The Morgan fingerprint density at radius 1 is 0.938 bits per heavy atom. The van der Waals surface area contributed by atoms with Gasteiger partial charge in [-0.15, -0.1) is 0 Å². The van der Waals surface area contributed by atoms with E-state index in [2.05, 4.69) is 15.3 Å². The molecule has 0 bridgehead atoms. The van der Waals surface area contributed by atoms with Gasteiger partial charge in [-0.2, -0.15) is 5.10 Å². The summed E-state index contributed by atoms with van der Waals surface area (Å²) < 4.78 is 1.79. The number of piperidine rings is 2. The molecule has 2 saturated heterocycles. The third kappa shape index (κ3) is 4.88. The summed E-state index contributed by atoms with van der Waals surface area (Å²) in [6.07, 6.45) is 11.9. The number of carbonyl (C=O) groups excluding carboxylic acids is 2. The highest BCUT2D eigenvalue weighted by atomic mass is 16.2. The van der Waals surface area contributed by atoms with Crippen LogP contribution < -0.4 is 5.32 Å². The molecule has 2 aliphatic heterocycles. The summed E-state index contributed by atoms with van der Waals surface area (Å²) in [4.78, 5) is 29.4. The van der Waals surface area contributed by atoms with E-state index in [9.17, 15) is 9.59 Å². The van der Waals surface area contributed by atoms with E-state index in [-0.39, 0.29) is 17.7 Å². The maximum absolute atomic E-state index is 13.0. The molecule has 1 aromatic carbocycles. The smallest absolute Gasteiger partial charge is 0.253 e. The number of hydrogen-bond acceptors (Lipinski definition) is 4. The van der Waals surface area contributed by atoms with Gasteiger partial charge in [0, 0.05) is 48.9 Å². The Kier molecular flexibility index (Phi) is 6.26. The summed E-state index contributed by atoms with van der Waals surface area (Å²) in [5.74, 6) is 0.476. The molecule has 5 rings (SSSR count). The first-order valence-corrected chi connectivity index (χ1v) is 12.1. The summed E-state index contributed by atoms with van der Waals surface area (Å²) in [6, 6.07) is 8.31. The number of carbonyl (C=O) groups is 2. The third-order valence-electron chi connectivity index (χ3n) is 7.09. The first-order valence-electron chi connectivity index (χ1n) is 12.1. The lowest BCUT2D eigenvalue weighted by molar-refractivity contribution is -0.122. The number of nitrogens with one attached hydrogen (secondary N) is 1. The molecule has 1 aromatic heterocycles. The molecule has 2 aromatic rings. The second-order valence-corrected chi connectivity index (χ2v) is 9.45. The largest absolute Gasteiger partial charge is 0.352 e. The topological polar surface area (TPSA) is 70.5 Å². The van der Waals surface area contributed by atoms with Crippen molar-refractivity contribution in [2.24, 2.45) is 5.92 Å². The van der Waals surface area contributed by atoms with Crippen LogP contribution in [-0.2, 0) is 11.3 Å². The second-order valence-electron chi connectivity index (χ2n) is 9.45. The normalized spacial score (nSPS) is 20.3. The van der Waals surface area contributed by atoms with Crippen molar-refractivity contribution in [3.63, 3.8) is 0 Å². The maximum Gasteiger partial charge on any atom is 0.253 e. The number of benzene rings is 1. The number of nitrogens with zero attached hydrogens (tertiary/aromatic N) is 4. The highest BCUT2D eigenvalue weighted by Gasteiger charge is 2.29. The highest BCUT2D eigenvalue weighted by Crippen LogP contribution is 2.28. The van der Waals surface area contributed by atoms with Crippen molar-refractivity contribution in [2.45, 2.75) is 57.5 Å². The molecular formula is C25H33N5O2. The van der Waals surface area contributed by atoms with E-state index in [1.807, 2.05) is 35.4 Å². The molecule has 0 unspecified atom stereocenters. The number of hydrogen-bond donors (Lipinski definition) is 1. The number of likely N-dealkylation sites (tertiary alicyclic amines) is 2. The van der Waals surface area contributed by atoms with Crippen LogP contribution in [0.3, 0.4) is 0 Å². The predicted octanol–water partition coefficient (Wildman–Crippen LogP) is 2.99. The van der Waals surface area contributed by atoms with Crippen LogP contribution in [0.2, 0.25) is 0 Å². The fourth-order valence-electron chi connectivity index (χ4n) is 4.93. The van der Waals surface area contributed by atoms with E-state index in [1.165, 1.54) is 32.4 Å². The molecular weight excluding hydrogens is 402 g/mol.